The third-order valence-corrected chi connectivity index (χ3v) is 4.65. The fourth-order valence-electron chi connectivity index (χ4n) is 3.45. The number of hydrogen-bond acceptors (Lipinski definition) is 4. The van der Waals surface area contributed by atoms with E-state index in [9.17, 15) is 14.4 Å². The van der Waals surface area contributed by atoms with E-state index in [1.54, 1.807) is 18.2 Å². The monoisotopic (exact) mass is 356 g/mol. The van der Waals surface area contributed by atoms with E-state index in [-0.39, 0.29) is 48.6 Å². The highest BCUT2D eigenvalue weighted by Gasteiger charge is 2.46. The van der Waals surface area contributed by atoms with Crippen molar-refractivity contribution in [3.05, 3.63) is 36.4 Å². The molecule has 0 aromatic heterocycles. The molecule has 6 heteroatoms. The smallest absolute Gasteiger partial charge is 0.233 e. The van der Waals surface area contributed by atoms with Crippen LogP contribution in [0.1, 0.15) is 33.1 Å². The second kappa shape index (κ2) is 7.72. The second-order valence-electron chi connectivity index (χ2n) is 6.98. The summed E-state index contributed by atoms with van der Waals surface area (Å²) in [5, 5.41) is 2.79. The number of likely N-dealkylation sites (tertiary alicyclic amines) is 1. The lowest BCUT2D eigenvalue weighted by molar-refractivity contribution is -0.140. The molecule has 1 fully saturated rings. The van der Waals surface area contributed by atoms with Crippen LogP contribution in [0.15, 0.2) is 36.4 Å². The molecular weight excluding hydrogens is 332 g/mol. The number of carbonyl (C=O) groups is 3. The van der Waals surface area contributed by atoms with E-state index in [0.717, 1.165) is 0 Å². The summed E-state index contributed by atoms with van der Waals surface area (Å²) < 4.78 is 5.61. The van der Waals surface area contributed by atoms with Crippen molar-refractivity contribution < 1.29 is 19.1 Å². The number of allylic oxidation sites excluding steroid dienone is 2. The Labute approximate surface area is 153 Å². The van der Waals surface area contributed by atoms with Crippen LogP contribution >= 0.6 is 0 Å². The number of amides is 3. The van der Waals surface area contributed by atoms with Crippen molar-refractivity contribution in [2.24, 2.45) is 11.8 Å². The minimum atomic E-state index is -0.250. The van der Waals surface area contributed by atoms with Crippen LogP contribution in [0, 0.1) is 11.8 Å². The number of hydrogen-bond donors (Lipinski definition) is 1. The predicted octanol–water partition coefficient (Wildman–Crippen LogP) is 2.75. The van der Waals surface area contributed by atoms with Gasteiger partial charge in [-0.1, -0.05) is 18.2 Å². The van der Waals surface area contributed by atoms with E-state index in [1.807, 2.05) is 32.1 Å². The van der Waals surface area contributed by atoms with Gasteiger partial charge in [-0.05, 0) is 38.8 Å². The van der Waals surface area contributed by atoms with Crippen molar-refractivity contribution in [2.75, 3.05) is 11.9 Å². The topological polar surface area (TPSA) is 75.7 Å². The third kappa shape index (κ3) is 3.95. The maximum atomic E-state index is 12.4. The molecular formula is C20H24N2O4. The molecule has 0 bridgehead atoms. The summed E-state index contributed by atoms with van der Waals surface area (Å²) in [5.74, 6) is -0.352. The quantitative estimate of drug-likeness (QED) is 0.628. The minimum absolute atomic E-state index is 0.0474. The first-order chi connectivity index (χ1) is 12.5. The van der Waals surface area contributed by atoms with Gasteiger partial charge >= 0.3 is 0 Å². The second-order valence-corrected chi connectivity index (χ2v) is 6.98. The zero-order valence-electron chi connectivity index (χ0n) is 15.1. The average Bonchev–Trinajstić information content (AvgIpc) is 2.84. The van der Waals surface area contributed by atoms with Gasteiger partial charge in [-0.25, -0.2) is 0 Å². The summed E-state index contributed by atoms with van der Waals surface area (Å²) in [6.45, 7) is 3.99. The molecule has 1 aromatic carbocycles. The molecule has 1 heterocycles. The number of rotatable bonds is 6. The Hall–Kier alpha value is -2.63. The lowest BCUT2D eigenvalue weighted by Crippen LogP contribution is -2.34. The summed E-state index contributed by atoms with van der Waals surface area (Å²) >= 11 is 0. The highest BCUT2D eigenvalue weighted by molar-refractivity contribution is 6.05. The van der Waals surface area contributed by atoms with E-state index < -0.39 is 0 Å². The highest BCUT2D eigenvalue weighted by atomic mass is 16.5. The van der Waals surface area contributed by atoms with E-state index >= 15 is 0 Å². The Kier molecular flexibility index (Phi) is 5.40. The van der Waals surface area contributed by atoms with Crippen molar-refractivity contribution in [1.29, 1.82) is 0 Å². The summed E-state index contributed by atoms with van der Waals surface area (Å²) in [4.78, 5) is 38.2. The Bertz CT molecular complexity index is 715. The van der Waals surface area contributed by atoms with Crippen LogP contribution in [-0.4, -0.2) is 35.3 Å². The number of nitrogens with one attached hydrogen (secondary N) is 1. The molecule has 138 valence electrons. The number of ether oxygens (including phenoxy) is 1. The summed E-state index contributed by atoms with van der Waals surface area (Å²) in [7, 11) is 0. The van der Waals surface area contributed by atoms with Crippen molar-refractivity contribution in [1.82, 2.24) is 4.90 Å². The first-order valence-electron chi connectivity index (χ1n) is 9.02. The summed E-state index contributed by atoms with van der Waals surface area (Å²) in [6.07, 6.45) is 5.26. The SMILES string of the molecule is CC(C)Oc1cccc(NC(=O)CCN2C(=O)[C@H]3CC=CC[C@H]3C2=O)c1. The summed E-state index contributed by atoms with van der Waals surface area (Å²) in [5.41, 5.74) is 0.630. The Balaban J connectivity index is 1.55. The normalized spacial score (nSPS) is 21.9. The van der Waals surface area contributed by atoms with E-state index in [1.165, 1.54) is 4.90 Å². The number of imide groups is 1. The summed E-state index contributed by atoms with van der Waals surface area (Å²) in [6, 6.07) is 7.16. The standard InChI is InChI=1S/C20H24N2O4/c1-13(2)26-15-7-5-6-14(12-15)21-18(23)10-11-22-19(24)16-8-3-4-9-17(16)20(22)25/h3-7,12-13,16-17H,8-11H2,1-2H3,(H,21,23)/t16-,17+. The van der Waals surface area contributed by atoms with Gasteiger partial charge in [0, 0.05) is 24.7 Å². The number of nitrogens with zero attached hydrogens (tertiary/aromatic N) is 1. The first-order valence-corrected chi connectivity index (χ1v) is 9.02. The van der Waals surface area contributed by atoms with Gasteiger partial charge in [0.15, 0.2) is 0 Å². The molecule has 3 amide bonds. The van der Waals surface area contributed by atoms with E-state index in [2.05, 4.69) is 5.32 Å². The number of fused-ring (bicyclic) bond motifs is 1. The van der Waals surface area contributed by atoms with Crippen molar-refractivity contribution in [2.45, 2.75) is 39.2 Å². The Morgan fingerprint density at radius 1 is 1.19 bits per heavy atom. The van der Waals surface area contributed by atoms with Gasteiger partial charge in [0.2, 0.25) is 17.7 Å². The van der Waals surface area contributed by atoms with Crippen LogP contribution in [0.4, 0.5) is 5.69 Å². The Morgan fingerprint density at radius 3 is 2.46 bits per heavy atom. The lowest BCUT2D eigenvalue weighted by atomic mass is 9.85. The third-order valence-electron chi connectivity index (χ3n) is 4.65. The molecule has 26 heavy (non-hydrogen) atoms. The molecule has 1 aliphatic heterocycles. The van der Waals surface area contributed by atoms with Gasteiger partial charge in [-0.2, -0.15) is 0 Å². The maximum absolute atomic E-state index is 12.4. The van der Waals surface area contributed by atoms with E-state index in [0.29, 0.717) is 24.3 Å². The lowest BCUT2D eigenvalue weighted by Gasteiger charge is -2.15. The molecule has 6 nitrogen and oxygen atoms in total. The number of benzene rings is 1. The van der Waals surface area contributed by atoms with Gasteiger partial charge in [0.05, 0.1) is 17.9 Å². The van der Waals surface area contributed by atoms with Crippen LogP contribution in [0.3, 0.4) is 0 Å². The molecule has 0 saturated carbocycles. The molecule has 2 aliphatic rings. The zero-order valence-corrected chi connectivity index (χ0v) is 15.1. The van der Waals surface area contributed by atoms with Crippen LogP contribution in [0.25, 0.3) is 0 Å². The fourth-order valence-corrected chi connectivity index (χ4v) is 3.45. The molecule has 3 rings (SSSR count). The molecule has 1 N–H and O–H groups in total. The fraction of sp³-hybridized carbons (Fsp3) is 0.450. The van der Waals surface area contributed by atoms with Gasteiger partial charge in [0.1, 0.15) is 5.75 Å². The largest absolute Gasteiger partial charge is 0.491 e. The van der Waals surface area contributed by atoms with Gasteiger partial charge in [0.25, 0.3) is 0 Å². The molecule has 0 spiro atoms. The Morgan fingerprint density at radius 2 is 1.85 bits per heavy atom. The zero-order chi connectivity index (χ0) is 18.7. The van der Waals surface area contributed by atoms with Crippen LogP contribution in [0.2, 0.25) is 0 Å². The molecule has 1 aliphatic carbocycles. The minimum Gasteiger partial charge on any atom is -0.491 e. The average molecular weight is 356 g/mol. The molecule has 0 unspecified atom stereocenters. The predicted molar refractivity (Wildman–Crippen MR) is 97.5 cm³/mol. The number of anilines is 1. The number of carbonyl (C=O) groups excluding carboxylic acids is 3. The molecule has 1 saturated heterocycles. The molecule has 2 atom stereocenters. The van der Waals surface area contributed by atoms with Crippen LogP contribution in [0.5, 0.6) is 5.75 Å². The van der Waals surface area contributed by atoms with Gasteiger partial charge in [-0.15, -0.1) is 0 Å². The van der Waals surface area contributed by atoms with Crippen LogP contribution in [-0.2, 0) is 14.4 Å². The first kappa shape index (κ1) is 18.2. The van der Waals surface area contributed by atoms with Gasteiger partial charge in [-0.3, -0.25) is 19.3 Å². The van der Waals surface area contributed by atoms with Crippen molar-refractivity contribution >= 4 is 23.4 Å². The van der Waals surface area contributed by atoms with Crippen molar-refractivity contribution in [3.8, 4) is 5.75 Å². The molecule has 0 radical (unpaired) electrons. The highest BCUT2D eigenvalue weighted by Crippen LogP contribution is 2.35. The molecule has 1 aromatic rings. The van der Waals surface area contributed by atoms with Crippen LogP contribution < -0.4 is 10.1 Å². The van der Waals surface area contributed by atoms with Crippen molar-refractivity contribution in [3.63, 3.8) is 0 Å². The van der Waals surface area contributed by atoms with E-state index in [4.69, 9.17) is 4.74 Å². The van der Waals surface area contributed by atoms with Gasteiger partial charge < -0.3 is 10.1 Å². The maximum Gasteiger partial charge on any atom is 0.233 e.